The van der Waals surface area contributed by atoms with E-state index in [0.29, 0.717) is 11.3 Å². The number of hydrogen-bond acceptors (Lipinski definition) is 5. The molecule has 7 heteroatoms. The monoisotopic (exact) mass is 337 g/mol. The highest BCUT2D eigenvalue weighted by Crippen LogP contribution is 2.24. The summed E-state index contributed by atoms with van der Waals surface area (Å²) >= 11 is 3.30. The number of benzene rings is 1. The van der Waals surface area contributed by atoms with Crippen molar-refractivity contribution < 1.29 is 9.66 Å². The highest BCUT2D eigenvalue weighted by atomic mass is 79.9. The third-order valence-corrected chi connectivity index (χ3v) is 3.11. The fraction of sp³-hybridized carbons (Fsp3) is 0.154. The molecule has 0 fully saturated rings. The second-order valence-corrected chi connectivity index (χ2v) is 4.93. The molecule has 2 aromatic rings. The molecule has 0 amide bonds. The second kappa shape index (κ2) is 6.44. The molecule has 0 radical (unpaired) electrons. The van der Waals surface area contributed by atoms with E-state index >= 15 is 0 Å². The minimum atomic E-state index is -0.459. The number of rotatable bonds is 5. The zero-order valence-corrected chi connectivity index (χ0v) is 12.0. The maximum absolute atomic E-state index is 10.7. The smallest absolute Gasteiger partial charge is 0.270 e. The summed E-state index contributed by atoms with van der Waals surface area (Å²) in [6, 6.07) is 8.07. The van der Waals surface area contributed by atoms with Crippen molar-refractivity contribution in [2.45, 2.75) is 13.2 Å². The van der Waals surface area contributed by atoms with Crippen LogP contribution in [0.2, 0.25) is 0 Å². The molecule has 104 valence electrons. The molecule has 0 aliphatic carbocycles. The summed E-state index contributed by atoms with van der Waals surface area (Å²) in [4.78, 5) is 14.4. The number of pyridine rings is 1. The van der Waals surface area contributed by atoms with Crippen LogP contribution in [0.5, 0.6) is 5.75 Å². The Bertz CT molecular complexity index is 617. The van der Waals surface area contributed by atoms with Crippen molar-refractivity contribution in [3.63, 3.8) is 0 Å². The van der Waals surface area contributed by atoms with Gasteiger partial charge < -0.3 is 10.5 Å². The van der Waals surface area contributed by atoms with Crippen LogP contribution in [-0.4, -0.2) is 9.91 Å². The average molecular weight is 338 g/mol. The summed E-state index contributed by atoms with van der Waals surface area (Å²) in [5, 5.41) is 10.7. The van der Waals surface area contributed by atoms with E-state index in [1.807, 2.05) is 12.1 Å². The van der Waals surface area contributed by atoms with E-state index in [0.717, 1.165) is 10.2 Å². The zero-order chi connectivity index (χ0) is 14.5. The third kappa shape index (κ3) is 3.52. The lowest BCUT2D eigenvalue weighted by molar-refractivity contribution is -0.384. The van der Waals surface area contributed by atoms with Crippen LogP contribution in [0.25, 0.3) is 0 Å². The Morgan fingerprint density at radius 2 is 2.15 bits per heavy atom. The van der Waals surface area contributed by atoms with E-state index in [1.54, 1.807) is 12.3 Å². The molecule has 0 bridgehead atoms. The number of non-ortho nitro benzene ring substituents is 1. The van der Waals surface area contributed by atoms with Gasteiger partial charge in [0.15, 0.2) is 0 Å². The third-order valence-electron chi connectivity index (χ3n) is 2.64. The van der Waals surface area contributed by atoms with Gasteiger partial charge in [-0.15, -0.1) is 0 Å². The van der Waals surface area contributed by atoms with Gasteiger partial charge in [0.1, 0.15) is 12.4 Å². The van der Waals surface area contributed by atoms with Crippen molar-refractivity contribution in [1.82, 2.24) is 4.98 Å². The Morgan fingerprint density at radius 3 is 2.75 bits per heavy atom. The van der Waals surface area contributed by atoms with Gasteiger partial charge in [-0.1, -0.05) is 0 Å². The average Bonchev–Trinajstić information content (AvgIpc) is 2.46. The van der Waals surface area contributed by atoms with E-state index in [4.69, 9.17) is 10.5 Å². The SMILES string of the molecule is NCc1cc([N+](=O)[O-])ccc1OCc1ccc(Br)cn1. The number of nitrogens with zero attached hydrogens (tertiary/aromatic N) is 2. The molecule has 0 atom stereocenters. The topological polar surface area (TPSA) is 91.3 Å². The summed E-state index contributed by atoms with van der Waals surface area (Å²) in [5.74, 6) is 0.530. The standard InChI is InChI=1S/C13H12BrN3O3/c14-10-1-2-11(16-7-10)8-20-13-4-3-12(17(18)19)5-9(13)6-15/h1-5,7H,6,8,15H2. The fourth-order valence-electron chi connectivity index (χ4n) is 1.62. The number of nitrogens with two attached hydrogens (primary N) is 1. The lowest BCUT2D eigenvalue weighted by Gasteiger charge is -2.10. The predicted octanol–water partition coefficient (Wildman–Crippen LogP) is 2.79. The van der Waals surface area contributed by atoms with E-state index < -0.39 is 4.92 Å². The van der Waals surface area contributed by atoms with Gasteiger partial charge in [-0.2, -0.15) is 0 Å². The van der Waals surface area contributed by atoms with E-state index in [-0.39, 0.29) is 18.8 Å². The molecule has 2 N–H and O–H groups in total. The van der Waals surface area contributed by atoms with Crippen LogP contribution >= 0.6 is 15.9 Å². The van der Waals surface area contributed by atoms with E-state index in [9.17, 15) is 10.1 Å². The van der Waals surface area contributed by atoms with Crippen LogP contribution in [0.3, 0.4) is 0 Å². The summed E-state index contributed by atoms with van der Waals surface area (Å²) < 4.78 is 6.50. The van der Waals surface area contributed by atoms with Gasteiger partial charge in [-0.3, -0.25) is 15.1 Å². The van der Waals surface area contributed by atoms with Crippen molar-refractivity contribution >= 4 is 21.6 Å². The lowest BCUT2D eigenvalue weighted by atomic mass is 10.2. The van der Waals surface area contributed by atoms with Crippen molar-refractivity contribution in [2.24, 2.45) is 5.73 Å². The highest BCUT2D eigenvalue weighted by Gasteiger charge is 2.11. The molecular formula is C13H12BrN3O3. The Balaban J connectivity index is 2.12. The normalized spacial score (nSPS) is 10.3. The molecule has 0 aliphatic rings. The van der Waals surface area contributed by atoms with Gasteiger partial charge in [-0.25, -0.2) is 0 Å². The first-order valence-corrected chi connectivity index (χ1v) is 6.60. The molecule has 1 aromatic carbocycles. The maximum Gasteiger partial charge on any atom is 0.270 e. The second-order valence-electron chi connectivity index (χ2n) is 4.01. The predicted molar refractivity (Wildman–Crippen MR) is 77.3 cm³/mol. The summed E-state index contributed by atoms with van der Waals surface area (Å²) in [7, 11) is 0. The first-order valence-electron chi connectivity index (χ1n) is 5.81. The highest BCUT2D eigenvalue weighted by molar-refractivity contribution is 9.10. The van der Waals surface area contributed by atoms with Gasteiger partial charge in [-0.05, 0) is 34.1 Å². The Hall–Kier alpha value is -1.99. The molecule has 2 rings (SSSR count). The molecule has 0 unspecified atom stereocenters. The van der Waals surface area contributed by atoms with Gasteiger partial charge in [0, 0.05) is 34.9 Å². The number of nitro benzene ring substituents is 1. The minimum Gasteiger partial charge on any atom is -0.487 e. The van der Waals surface area contributed by atoms with Gasteiger partial charge in [0.05, 0.1) is 10.6 Å². The first kappa shape index (κ1) is 14.4. The summed E-state index contributed by atoms with van der Waals surface area (Å²) in [5.41, 5.74) is 6.94. The molecule has 6 nitrogen and oxygen atoms in total. The Kier molecular flexibility index (Phi) is 4.65. The molecule has 0 aliphatic heterocycles. The van der Waals surface area contributed by atoms with Crippen LogP contribution < -0.4 is 10.5 Å². The fourth-order valence-corrected chi connectivity index (χ4v) is 1.86. The van der Waals surface area contributed by atoms with Crippen LogP contribution in [0.15, 0.2) is 41.0 Å². The largest absolute Gasteiger partial charge is 0.487 e. The van der Waals surface area contributed by atoms with Crippen molar-refractivity contribution in [3.8, 4) is 5.75 Å². The van der Waals surface area contributed by atoms with E-state index in [2.05, 4.69) is 20.9 Å². The molecule has 0 spiro atoms. The van der Waals surface area contributed by atoms with Crippen molar-refractivity contribution in [2.75, 3.05) is 0 Å². The van der Waals surface area contributed by atoms with Crippen LogP contribution in [0, 0.1) is 10.1 Å². The van der Waals surface area contributed by atoms with Gasteiger partial charge in [0.2, 0.25) is 0 Å². The molecule has 0 saturated carbocycles. The van der Waals surface area contributed by atoms with Gasteiger partial charge >= 0.3 is 0 Å². The van der Waals surface area contributed by atoms with E-state index in [1.165, 1.54) is 12.1 Å². The summed E-state index contributed by atoms with van der Waals surface area (Å²) in [6.45, 7) is 0.447. The zero-order valence-electron chi connectivity index (χ0n) is 10.5. The Labute approximate surface area is 123 Å². The number of halogens is 1. The quantitative estimate of drug-likeness (QED) is 0.669. The molecule has 20 heavy (non-hydrogen) atoms. The molecule has 0 saturated heterocycles. The number of hydrogen-bond donors (Lipinski definition) is 1. The van der Waals surface area contributed by atoms with Crippen LogP contribution in [0.1, 0.15) is 11.3 Å². The molecular weight excluding hydrogens is 326 g/mol. The number of nitro groups is 1. The first-order chi connectivity index (χ1) is 9.60. The molecule has 1 heterocycles. The van der Waals surface area contributed by atoms with Crippen LogP contribution in [0.4, 0.5) is 5.69 Å². The maximum atomic E-state index is 10.7. The Morgan fingerprint density at radius 1 is 1.35 bits per heavy atom. The summed E-state index contributed by atoms with van der Waals surface area (Å²) in [6.07, 6.45) is 1.68. The molecule has 1 aromatic heterocycles. The van der Waals surface area contributed by atoms with Gasteiger partial charge in [0.25, 0.3) is 5.69 Å². The number of aromatic nitrogens is 1. The van der Waals surface area contributed by atoms with Crippen LogP contribution in [-0.2, 0) is 13.2 Å². The minimum absolute atomic E-state index is 0.000401. The number of ether oxygens (including phenoxy) is 1. The van der Waals surface area contributed by atoms with Crippen molar-refractivity contribution in [1.29, 1.82) is 0 Å². The lowest BCUT2D eigenvalue weighted by Crippen LogP contribution is -2.04. The van der Waals surface area contributed by atoms with Crippen molar-refractivity contribution in [3.05, 3.63) is 62.4 Å².